The van der Waals surface area contributed by atoms with Crippen LogP contribution in [0.25, 0.3) is 16.6 Å². The molecule has 3 aromatic carbocycles. The number of hydrogen-bond donors (Lipinski definition) is 3. The zero-order valence-corrected chi connectivity index (χ0v) is 40.0. The fourth-order valence-electron chi connectivity index (χ4n) is 8.85. The molecule has 3 aliphatic rings. The smallest absolute Gasteiger partial charge is 0.293 e. The van der Waals surface area contributed by atoms with Gasteiger partial charge in [0.25, 0.3) is 27.5 Å². The molecular formula is C47H54ClN9O8S2. The summed E-state index contributed by atoms with van der Waals surface area (Å²) in [5.74, 6) is -0.550. The monoisotopic (exact) mass is 971 g/mol. The van der Waals surface area contributed by atoms with E-state index in [4.69, 9.17) is 16.3 Å². The number of aromatic nitrogens is 2. The number of piperazine rings is 1. The van der Waals surface area contributed by atoms with Crippen molar-refractivity contribution < 1.29 is 31.9 Å². The van der Waals surface area contributed by atoms with Crippen LogP contribution in [0.2, 0.25) is 5.02 Å². The summed E-state index contributed by atoms with van der Waals surface area (Å²) in [4.78, 5) is 50.5. The van der Waals surface area contributed by atoms with Gasteiger partial charge in [0.05, 0.1) is 31.3 Å². The van der Waals surface area contributed by atoms with Gasteiger partial charge in [-0.2, -0.15) is 4.36 Å². The van der Waals surface area contributed by atoms with Crippen LogP contribution in [0.1, 0.15) is 56.0 Å². The normalized spacial score (nSPS) is 17.8. The number of pyridine rings is 1. The average molecular weight is 973 g/mol. The number of nitro groups is 1. The van der Waals surface area contributed by atoms with Gasteiger partial charge in [0.15, 0.2) is 0 Å². The zero-order chi connectivity index (χ0) is 47.5. The van der Waals surface area contributed by atoms with Gasteiger partial charge in [0, 0.05) is 112 Å². The minimum Gasteiger partial charge on any atom is -0.455 e. The van der Waals surface area contributed by atoms with Gasteiger partial charge in [-0.15, -0.1) is 0 Å². The Balaban J connectivity index is 0.966. The molecule has 2 amide bonds. The molecule has 0 saturated carbocycles. The molecule has 20 heteroatoms. The summed E-state index contributed by atoms with van der Waals surface area (Å²) in [7, 11) is -7.21. The summed E-state index contributed by atoms with van der Waals surface area (Å²) in [6.45, 7) is 11.4. The van der Waals surface area contributed by atoms with E-state index >= 15 is 0 Å². The Kier molecular flexibility index (Phi) is 14.1. The van der Waals surface area contributed by atoms with Crippen molar-refractivity contribution in [3.05, 3.63) is 117 Å². The molecule has 0 atom stereocenters. The maximum atomic E-state index is 14.0. The molecule has 0 bridgehead atoms. The molecule has 17 nitrogen and oxygen atoms in total. The van der Waals surface area contributed by atoms with Crippen LogP contribution in [-0.4, -0.2) is 120 Å². The molecule has 4 heterocycles. The van der Waals surface area contributed by atoms with Crippen LogP contribution in [-0.2, 0) is 24.5 Å². The maximum absolute atomic E-state index is 14.0. The van der Waals surface area contributed by atoms with Crippen LogP contribution in [0.5, 0.6) is 11.5 Å². The van der Waals surface area contributed by atoms with E-state index in [0.717, 1.165) is 61.1 Å². The molecule has 0 radical (unpaired) electrons. The number of halogens is 1. The number of aromatic amines is 1. The first kappa shape index (κ1) is 47.6. The molecule has 354 valence electrons. The Bertz CT molecular complexity index is 2960. The van der Waals surface area contributed by atoms with E-state index in [-0.39, 0.29) is 40.5 Å². The minimum absolute atomic E-state index is 0.0710. The highest BCUT2D eigenvalue weighted by molar-refractivity contribution is 7.94. The van der Waals surface area contributed by atoms with Crippen LogP contribution in [0.15, 0.2) is 100 Å². The number of fused-ring (bicyclic) bond motifs is 1. The van der Waals surface area contributed by atoms with Crippen molar-refractivity contribution in [2.24, 2.45) is 9.78 Å². The number of hydrogen-bond acceptors (Lipinski definition) is 13. The molecule has 5 aromatic rings. The number of benzene rings is 3. The molecule has 67 heavy (non-hydrogen) atoms. The van der Waals surface area contributed by atoms with E-state index in [1.54, 1.807) is 24.4 Å². The van der Waals surface area contributed by atoms with Gasteiger partial charge in [-0.25, -0.2) is 22.3 Å². The second-order valence-electron chi connectivity index (χ2n) is 18.0. The van der Waals surface area contributed by atoms with Gasteiger partial charge in [-0.3, -0.25) is 29.5 Å². The first-order valence-electron chi connectivity index (χ1n) is 22.2. The summed E-state index contributed by atoms with van der Waals surface area (Å²) in [5, 5.41) is 16.7. The number of nitrogens with zero attached hydrogens (tertiary/aromatic N) is 6. The maximum Gasteiger partial charge on any atom is 0.293 e. The minimum atomic E-state index is -4.63. The van der Waals surface area contributed by atoms with Gasteiger partial charge in [-0.05, 0) is 84.3 Å². The van der Waals surface area contributed by atoms with Crippen molar-refractivity contribution in [3.63, 3.8) is 0 Å². The van der Waals surface area contributed by atoms with Crippen molar-refractivity contribution in [3.8, 4) is 11.5 Å². The van der Waals surface area contributed by atoms with Gasteiger partial charge >= 0.3 is 0 Å². The molecule has 2 saturated heterocycles. The number of carbonyl (C=O) groups is 2. The SMILES string of the molecule is CC(=O)N=S1(=O)CCN(CCNc2ccc(S(=O)(=O)NC(=O)c3ccc(N4CCN(CC5=C(c6ccc(Cl)cc6)CC(C)(C)CC5)CC4)cc3Oc3cnc4[nH]ccc4c3)cc2[N+](=O)[O-])CC1. The number of ether oxygens (including phenoxy) is 1. The Hall–Kier alpha value is -5.86. The lowest BCUT2D eigenvalue weighted by molar-refractivity contribution is -0.384. The molecule has 2 aliphatic heterocycles. The Morgan fingerprint density at radius 2 is 1.73 bits per heavy atom. The van der Waals surface area contributed by atoms with Crippen molar-refractivity contribution in [1.82, 2.24) is 24.5 Å². The first-order chi connectivity index (χ1) is 31.9. The Labute approximate surface area is 395 Å². The topological polar surface area (TPSA) is 213 Å². The van der Waals surface area contributed by atoms with E-state index in [2.05, 4.69) is 60.1 Å². The highest BCUT2D eigenvalue weighted by Gasteiger charge is 2.31. The molecule has 8 rings (SSSR count). The van der Waals surface area contributed by atoms with Crippen molar-refractivity contribution >= 4 is 76.8 Å². The number of sulfonamides is 1. The number of carbonyl (C=O) groups excluding carboxylic acids is 2. The van der Waals surface area contributed by atoms with Crippen LogP contribution in [0.4, 0.5) is 17.1 Å². The Morgan fingerprint density at radius 3 is 2.45 bits per heavy atom. The summed E-state index contributed by atoms with van der Waals surface area (Å²) >= 11 is 6.24. The van der Waals surface area contributed by atoms with Crippen molar-refractivity contribution in [1.29, 1.82) is 0 Å². The van der Waals surface area contributed by atoms with E-state index < -0.39 is 47.1 Å². The zero-order valence-electron chi connectivity index (χ0n) is 37.6. The van der Waals surface area contributed by atoms with E-state index in [0.29, 0.717) is 44.1 Å². The predicted molar refractivity (Wildman–Crippen MR) is 261 cm³/mol. The van der Waals surface area contributed by atoms with Crippen molar-refractivity contribution in [2.45, 2.75) is 44.9 Å². The molecule has 2 fully saturated rings. The number of rotatable bonds is 14. The predicted octanol–water partition coefficient (Wildman–Crippen LogP) is 7.56. The lowest BCUT2D eigenvalue weighted by Gasteiger charge is -2.39. The quantitative estimate of drug-likeness (QED) is 0.0725. The molecule has 0 unspecified atom stereocenters. The summed E-state index contributed by atoms with van der Waals surface area (Å²) < 4.78 is 52.4. The molecule has 1 aliphatic carbocycles. The third-order valence-electron chi connectivity index (χ3n) is 12.5. The number of nitrogens with one attached hydrogen (secondary N) is 3. The molecule has 3 N–H and O–H groups in total. The summed E-state index contributed by atoms with van der Waals surface area (Å²) in [6, 6.07) is 20.1. The highest BCUT2D eigenvalue weighted by Crippen LogP contribution is 2.43. The van der Waals surface area contributed by atoms with E-state index in [1.807, 2.05) is 23.1 Å². The third-order valence-corrected chi connectivity index (χ3v) is 16.3. The van der Waals surface area contributed by atoms with Crippen molar-refractivity contribution in [2.75, 3.05) is 80.6 Å². The van der Waals surface area contributed by atoms with Gasteiger partial charge in [0.1, 0.15) is 22.8 Å². The molecular weight excluding hydrogens is 918 g/mol. The van der Waals surface area contributed by atoms with E-state index in [1.165, 1.54) is 48.0 Å². The standard InChI is InChI=1S/C47H54ClN9O8S2/c1-32(58)52-66(62)24-22-54(23-25-66)17-16-49-42-11-9-39(28-43(42)57(60)61)67(63,64)53-46(59)40-10-8-37(27-44(40)65-38-26-34-13-15-50-45(34)51-30-38)56-20-18-55(19-21-56)31-35-12-14-47(2,3)29-41(35)33-4-6-36(48)7-5-33/h4-11,13,15,26-28,30,49H,12,14,16-25,29,31H2,1-3H3,(H,50,51)(H,53,59). The second-order valence-corrected chi connectivity index (χ2v) is 22.7. The van der Waals surface area contributed by atoms with Crippen LogP contribution < -0.4 is 19.7 Å². The third kappa shape index (κ3) is 11.6. The summed E-state index contributed by atoms with van der Waals surface area (Å²) in [5.41, 5.74) is 5.22. The lowest BCUT2D eigenvalue weighted by atomic mass is 9.72. The number of amides is 2. The molecule has 2 aromatic heterocycles. The van der Waals surface area contributed by atoms with Crippen LogP contribution >= 0.6 is 11.6 Å². The van der Waals surface area contributed by atoms with Gasteiger partial charge in [-0.1, -0.05) is 43.2 Å². The number of allylic oxidation sites excluding steroid dienone is 1. The fraction of sp³-hybridized carbons (Fsp3) is 0.383. The average Bonchev–Trinajstić information content (AvgIpc) is 3.76. The summed E-state index contributed by atoms with van der Waals surface area (Å²) in [6.07, 6.45) is 6.41. The van der Waals surface area contributed by atoms with Gasteiger partial charge < -0.3 is 19.9 Å². The highest BCUT2D eigenvalue weighted by atomic mass is 35.5. The molecule has 0 spiro atoms. The van der Waals surface area contributed by atoms with E-state index in [9.17, 15) is 32.3 Å². The fourth-order valence-corrected chi connectivity index (χ4v) is 11.9. The largest absolute Gasteiger partial charge is 0.455 e. The van der Waals surface area contributed by atoms with Crippen LogP contribution in [0, 0.1) is 15.5 Å². The number of anilines is 2. The second kappa shape index (κ2) is 19.8. The van der Waals surface area contributed by atoms with Gasteiger partial charge in [0.2, 0.25) is 0 Å². The first-order valence-corrected chi connectivity index (χ1v) is 25.9. The lowest BCUT2D eigenvalue weighted by Crippen LogP contribution is -2.47. The number of nitro benzene ring substituents is 1. The number of H-pyrrole nitrogens is 1. The van der Waals surface area contributed by atoms with Crippen LogP contribution in [0.3, 0.4) is 0 Å². The Morgan fingerprint density at radius 1 is 0.985 bits per heavy atom.